The molecule has 0 atom stereocenters. The molecule has 24 heavy (non-hydrogen) atoms. The largest absolute Gasteiger partial charge is 0.416 e. The number of pyridine rings is 1. The highest BCUT2D eigenvalue weighted by molar-refractivity contribution is 6.06. The average Bonchev–Trinajstić information content (AvgIpc) is 2.53. The Bertz CT molecular complexity index is 935. The Morgan fingerprint density at radius 1 is 1.08 bits per heavy atom. The molecule has 0 saturated carbocycles. The van der Waals surface area contributed by atoms with Gasteiger partial charge in [-0.2, -0.15) is 13.2 Å². The van der Waals surface area contributed by atoms with Gasteiger partial charge < -0.3 is 4.90 Å². The minimum atomic E-state index is -4.43. The Hall–Kier alpha value is -2.63. The first kappa shape index (κ1) is 16.2. The number of aromatic nitrogens is 1. The van der Waals surface area contributed by atoms with Gasteiger partial charge in [0.1, 0.15) is 0 Å². The lowest BCUT2D eigenvalue weighted by molar-refractivity contribution is -0.137. The van der Waals surface area contributed by atoms with Crippen LogP contribution in [0.25, 0.3) is 21.7 Å². The molecule has 0 saturated heterocycles. The second-order valence-electron chi connectivity index (χ2n) is 5.71. The van der Waals surface area contributed by atoms with Crippen molar-refractivity contribution in [3.05, 3.63) is 53.7 Å². The number of fused-ring (bicyclic) bond motifs is 3. The van der Waals surface area contributed by atoms with E-state index in [4.69, 9.17) is 0 Å². The van der Waals surface area contributed by atoms with Crippen molar-refractivity contribution in [3.8, 4) is 0 Å². The molecule has 1 amide bonds. The lowest BCUT2D eigenvalue weighted by Gasteiger charge is -2.17. The second-order valence-corrected chi connectivity index (χ2v) is 5.71. The van der Waals surface area contributed by atoms with E-state index in [1.54, 1.807) is 7.05 Å². The van der Waals surface area contributed by atoms with Gasteiger partial charge in [0.05, 0.1) is 23.3 Å². The third kappa shape index (κ3) is 2.91. The number of halogens is 3. The van der Waals surface area contributed by atoms with Gasteiger partial charge >= 0.3 is 6.18 Å². The smallest absolute Gasteiger partial charge is 0.340 e. The van der Waals surface area contributed by atoms with Crippen LogP contribution < -0.4 is 0 Å². The molecule has 0 bridgehead atoms. The molecule has 124 valence electrons. The summed E-state index contributed by atoms with van der Waals surface area (Å²) >= 11 is 0. The van der Waals surface area contributed by atoms with Gasteiger partial charge in [0.2, 0.25) is 5.91 Å². The van der Waals surface area contributed by atoms with Crippen LogP contribution in [-0.4, -0.2) is 22.8 Å². The second kappa shape index (κ2) is 5.78. The van der Waals surface area contributed by atoms with Gasteiger partial charge in [-0.15, -0.1) is 0 Å². The van der Waals surface area contributed by atoms with Crippen LogP contribution in [0.5, 0.6) is 0 Å². The highest BCUT2D eigenvalue weighted by Gasteiger charge is 2.31. The van der Waals surface area contributed by atoms with Gasteiger partial charge in [0, 0.05) is 24.7 Å². The number of nitrogens with zero attached hydrogens (tertiary/aromatic N) is 2. The number of hydrogen-bond donors (Lipinski definition) is 0. The zero-order valence-electron chi connectivity index (χ0n) is 13.2. The Morgan fingerprint density at radius 2 is 1.79 bits per heavy atom. The van der Waals surface area contributed by atoms with E-state index in [0.717, 1.165) is 17.5 Å². The standard InChI is InChI=1S/C18H15F3N2O/c1-11(24)23(2)10-17-15-9-12(18(19,20)21)7-8-13(15)14-5-3-4-6-16(14)22-17/h3-9H,10H2,1-2H3. The first-order valence-corrected chi connectivity index (χ1v) is 7.37. The number of carbonyl (C=O) groups excluding carboxylic acids is 1. The van der Waals surface area contributed by atoms with Crippen molar-refractivity contribution in [3.63, 3.8) is 0 Å². The summed E-state index contributed by atoms with van der Waals surface area (Å²) in [6, 6.07) is 10.9. The first-order valence-electron chi connectivity index (χ1n) is 7.37. The summed E-state index contributed by atoms with van der Waals surface area (Å²) in [5, 5.41) is 1.90. The van der Waals surface area contributed by atoms with Crippen molar-refractivity contribution in [1.29, 1.82) is 0 Å². The van der Waals surface area contributed by atoms with Crippen molar-refractivity contribution in [2.45, 2.75) is 19.6 Å². The summed E-state index contributed by atoms with van der Waals surface area (Å²) < 4.78 is 39.2. The topological polar surface area (TPSA) is 33.2 Å². The van der Waals surface area contributed by atoms with Gasteiger partial charge in [0.25, 0.3) is 0 Å². The summed E-state index contributed by atoms with van der Waals surface area (Å²) in [6.07, 6.45) is -4.43. The number of carbonyl (C=O) groups is 1. The molecule has 0 aliphatic carbocycles. The highest BCUT2D eigenvalue weighted by Crippen LogP contribution is 2.34. The van der Waals surface area contributed by atoms with Gasteiger partial charge in [-0.05, 0) is 23.6 Å². The summed E-state index contributed by atoms with van der Waals surface area (Å²) in [6.45, 7) is 1.56. The van der Waals surface area contributed by atoms with Crippen molar-refractivity contribution < 1.29 is 18.0 Å². The molecule has 0 radical (unpaired) electrons. The maximum absolute atomic E-state index is 13.1. The lowest BCUT2D eigenvalue weighted by Crippen LogP contribution is -2.23. The van der Waals surface area contributed by atoms with Crippen LogP contribution in [0.3, 0.4) is 0 Å². The van der Waals surface area contributed by atoms with Crippen LogP contribution in [0.4, 0.5) is 13.2 Å². The summed E-state index contributed by atoms with van der Waals surface area (Å²) in [4.78, 5) is 17.4. The molecule has 6 heteroatoms. The minimum Gasteiger partial charge on any atom is -0.340 e. The molecule has 3 nitrogen and oxygen atoms in total. The SMILES string of the molecule is CC(=O)N(C)Cc1nc2ccccc2c2ccc(C(F)(F)F)cc12. The molecule has 0 unspecified atom stereocenters. The van der Waals surface area contributed by atoms with Crippen LogP contribution >= 0.6 is 0 Å². The molecule has 0 fully saturated rings. The van der Waals surface area contributed by atoms with E-state index >= 15 is 0 Å². The number of hydrogen-bond acceptors (Lipinski definition) is 2. The third-order valence-electron chi connectivity index (χ3n) is 4.03. The molecule has 0 spiro atoms. The van der Waals surface area contributed by atoms with Crippen molar-refractivity contribution in [2.24, 2.45) is 0 Å². The Labute approximate surface area is 136 Å². The summed E-state index contributed by atoms with van der Waals surface area (Å²) in [5.41, 5.74) is 0.419. The quantitative estimate of drug-likeness (QED) is 0.652. The van der Waals surface area contributed by atoms with Crippen LogP contribution in [0.2, 0.25) is 0 Å². The number of rotatable bonds is 2. The highest BCUT2D eigenvalue weighted by atomic mass is 19.4. The molecule has 1 heterocycles. The number of benzene rings is 2. The minimum absolute atomic E-state index is 0.151. The fourth-order valence-electron chi connectivity index (χ4n) is 2.66. The molecule has 3 aromatic rings. The first-order chi connectivity index (χ1) is 11.3. The van der Waals surface area contributed by atoms with Crippen LogP contribution in [0, 0.1) is 0 Å². The monoisotopic (exact) mass is 332 g/mol. The van der Waals surface area contributed by atoms with E-state index in [1.807, 2.05) is 24.3 Å². The molecule has 0 aliphatic heterocycles. The van der Waals surface area contributed by atoms with E-state index in [0.29, 0.717) is 22.0 Å². The van der Waals surface area contributed by atoms with Gasteiger partial charge in [-0.25, -0.2) is 0 Å². The fourth-order valence-corrected chi connectivity index (χ4v) is 2.66. The van der Waals surface area contributed by atoms with Gasteiger partial charge in [-0.1, -0.05) is 24.3 Å². The van der Waals surface area contributed by atoms with E-state index in [1.165, 1.54) is 17.9 Å². The van der Waals surface area contributed by atoms with Crippen LogP contribution in [0.15, 0.2) is 42.5 Å². The Balaban J connectivity index is 2.30. The maximum atomic E-state index is 13.1. The zero-order chi connectivity index (χ0) is 17.5. The van der Waals surface area contributed by atoms with Gasteiger partial charge in [0.15, 0.2) is 0 Å². The molecule has 1 aromatic heterocycles. The molecule has 3 rings (SSSR count). The van der Waals surface area contributed by atoms with Crippen LogP contribution in [-0.2, 0) is 17.5 Å². The van der Waals surface area contributed by atoms with E-state index in [2.05, 4.69) is 4.98 Å². The van der Waals surface area contributed by atoms with Crippen molar-refractivity contribution in [1.82, 2.24) is 9.88 Å². The lowest BCUT2D eigenvalue weighted by atomic mass is 10.0. The molecular weight excluding hydrogens is 317 g/mol. The van der Waals surface area contributed by atoms with E-state index in [-0.39, 0.29) is 12.5 Å². The summed E-state index contributed by atoms with van der Waals surface area (Å²) in [5.74, 6) is -0.176. The van der Waals surface area contributed by atoms with Crippen molar-refractivity contribution in [2.75, 3.05) is 7.05 Å². The molecule has 2 aromatic carbocycles. The third-order valence-corrected chi connectivity index (χ3v) is 4.03. The normalized spacial score (nSPS) is 11.9. The zero-order valence-corrected chi connectivity index (χ0v) is 13.2. The maximum Gasteiger partial charge on any atom is 0.416 e. The molecular formula is C18H15F3N2O. The fraction of sp³-hybridized carbons (Fsp3) is 0.222. The van der Waals surface area contributed by atoms with E-state index in [9.17, 15) is 18.0 Å². The number of para-hydroxylation sites is 1. The predicted molar refractivity (Wildman–Crippen MR) is 86.4 cm³/mol. The molecule has 0 N–H and O–H groups in total. The Morgan fingerprint density at radius 3 is 2.46 bits per heavy atom. The van der Waals surface area contributed by atoms with Crippen LogP contribution in [0.1, 0.15) is 18.2 Å². The number of alkyl halides is 3. The van der Waals surface area contributed by atoms with Crippen molar-refractivity contribution >= 4 is 27.6 Å². The molecule has 0 aliphatic rings. The summed E-state index contributed by atoms with van der Waals surface area (Å²) in [7, 11) is 1.60. The number of amides is 1. The Kier molecular flexibility index (Phi) is 3.91. The van der Waals surface area contributed by atoms with E-state index < -0.39 is 11.7 Å². The average molecular weight is 332 g/mol. The van der Waals surface area contributed by atoms with Gasteiger partial charge in [-0.3, -0.25) is 9.78 Å². The predicted octanol–water partition coefficient (Wildman–Crippen LogP) is 4.39.